The van der Waals surface area contributed by atoms with E-state index < -0.39 is 23.6 Å². The first-order chi connectivity index (χ1) is 25.0. The lowest BCUT2D eigenvalue weighted by Gasteiger charge is -2.46. The van der Waals surface area contributed by atoms with Gasteiger partial charge in [-0.05, 0) is 62.4 Å². The Bertz CT molecular complexity index is 1780. The number of hydroxylamine groups is 1. The van der Waals surface area contributed by atoms with Crippen molar-refractivity contribution >= 4 is 34.6 Å². The molecular formula is C37H44F4N8O3. The van der Waals surface area contributed by atoms with Gasteiger partial charge in [0.2, 0.25) is 5.91 Å². The fourth-order valence-electron chi connectivity index (χ4n) is 7.77. The number of hydrogen-bond donors (Lipinski definition) is 2. The molecule has 0 spiro atoms. The quantitative estimate of drug-likeness (QED) is 0.178. The number of hydrogen-bond acceptors (Lipinski definition) is 10. The van der Waals surface area contributed by atoms with Crippen LogP contribution in [0.25, 0.3) is 0 Å². The maximum atomic E-state index is 14.0. The number of benzene rings is 2. The second-order valence-corrected chi connectivity index (χ2v) is 13.9. The predicted molar refractivity (Wildman–Crippen MR) is 190 cm³/mol. The molecule has 52 heavy (non-hydrogen) atoms. The number of rotatable bonds is 10. The number of ether oxygens (including phenoxy) is 1. The number of piperazine rings is 1. The summed E-state index contributed by atoms with van der Waals surface area (Å²) in [4.78, 5) is 34.7. The van der Waals surface area contributed by atoms with Gasteiger partial charge in [-0.3, -0.25) is 19.4 Å². The number of aromatic nitrogens is 2. The zero-order chi connectivity index (χ0) is 36.6. The van der Waals surface area contributed by atoms with Crippen molar-refractivity contribution in [2.24, 2.45) is 0 Å². The highest BCUT2D eigenvalue weighted by atomic mass is 19.4. The first kappa shape index (κ1) is 35.9. The number of methoxy groups -OCH3 is 1. The molecule has 1 amide bonds. The molecule has 3 saturated heterocycles. The molecule has 2 atom stereocenters. The Morgan fingerprint density at radius 2 is 1.79 bits per heavy atom. The number of halogens is 4. The van der Waals surface area contributed by atoms with Crippen LogP contribution in [0.1, 0.15) is 56.2 Å². The molecule has 4 aliphatic rings. The Labute approximate surface area is 300 Å². The van der Waals surface area contributed by atoms with Gasteiger partial charge in [-0.15, -0.1) is 0 Å². The number of carbonyl (C=O) groups is 1. The van der Waals surface area contributed by atoms with E-state index in [-0.39, 0.29) is 18.1 Å². The highest BCUT2D eigenvalue weighted by Crippen LogP contribution is 2.42. The third-order valence-electron chi connectivity index (χ3n) is 10.5. The van der Waals surface area contributed by atoms with Crippen LogP contribution in [0.15, 0.2) is 55.4 Å². The van der Waals surface area contributed by atoms with E-state index in [2.05, 4.69) is 48.8 Å². The van der Waals surface area contributed by atoms with Crippen molar-refractivity contribution < 1.29 is 31.9 Å². The fourth-order valence-corrected chi connectivity index (χ4v) is 7.77. The highest BCUT2D eigenvalue weighted by Gasteiger charge is 2.39. The molecule has 2 N–H and O–H groups in total. The minimum atomic E-state index is -4.84. The molecule has 15 heteroatoms. The van der Waals surface area contributed by atoms with E-state index in [4.69, 9.17) is 9.57 Å². The molecule has 0 bridgehead atoms. The van der Waals surface area contributed by atoms with E-state index in [1.165, 1.54) is 36.4 Å². The smallest absolute Gasteiger partial charge is 0.419 e. The predicted octanol–water partition coefficient (Wildman–Crippen LogP) is 6.53. The Balaban J connectivity index is 1.09. The first-order valence-electron chi connectivity index (χ1n) is 17.8. The highest BCUT2D eigenvalue weighted by molar-refractivity contribution is 6.02. The molecular weight excluding hydrogens is 680 g/mol. The molecule has 2 unspecified atom stereocenters. The van der Waals surface area contributed by atoms with Crippen LogP contribution >= 0.6 is 0 Å². The average Bonchev–Trinajstić information content (AvgIpc) is 3.86. The summed E-state index contributed by atoms with van der Waals surface area (Å²) in [5, 5.41) is 7.62. The van der Waals surface area contributed by atoms with E-state index in [1.54, 1.807) is 19.2 Å². The molecule has 11 nitrogen and oxygen atoms in total. The molecule has 7 rings (SSSR count). The topological polar surface area (TPSA) is 98.3 Å². The van der Waals surface area contributed by atoms with Crippen LogP contribution in [0.3, 0.4) is 0 Å². The Morgan fingerprint density at radius 1 is 1.00 bits per heavy atom. The fraction of sp³-hybridized carbons (Fsp3) is 0.486. The van der Waals surface area contributed by atoms with Crippen LogP contribution in [-0.2, 0) is 15.8 Å². The van der Waals surface area contributed by atoms with Crippen molar-refractivity contribution in [1.29, 1.82) is 0 Å². The average molecular weight is 725 g/mol. The van der Waals surface area contributed by atoms with E-state index >= 15 is 0 Å². The van der Waals surface area contributed by atoms with Crippen LogP contribution in [0, 0.1) is 5.82 Å². The summed E-state index contributed by atoms with van der Waals surface area (Å²) in [5.74, 6) is -0.542. The van der Waals surface area contributed by atoms with Crippen molar-refractivity contribution in [3.05, 3.63) is 72.3 Å². The summed E-state index contributed by atoms with van der Waals surface area (Å²) < 4.78 is 60.3. The molecule has 3 aromatic rings. The zero-order valence-electron chi connectivity index (χ0n) is 29.3. The minimum absolute atomic E-state index is 0.227. The summed E-state index contributed by atoms with van der Waals surface area (Å²) >= 11 is 0. The molecule has 278 valence electrons. The van der Waals surface area contributed by atoms with Gasteiger partial charge in [0.15, 0.2) is 5.82 Å². The number of amides is 1. The molecule has 0 radical (unpaired) electrons. The second-order valence-electron chi connectivity index (χ2n) is 13.9. The van der Waals surface area contributed by atoms with Gasteiger partial charge < -0.3 is 20.3 Å². The lowest BCUT2D eigenvalue weighted by Crippen LogP contribution is -2.57. The van der Waals surface area contributed by atoms with E-state index in [0.717, 1.165) is 69.4 Å². The molecule has 1 aromatic heterocycles. The van der Waals surface area contributed by atoms with Gasteiger partial charge >= 0.3 is 6.18 Å². The van der Waals surface area contributed by atoms with Gasteiger partial charge in [-0.1, -0.05) is 12.6 Å². The summed E-state index contributed by atoms with van der Waals surface area (Å²) in [6.07, 6.45) is 2.72. The SMILES string of the molecule is C=CC(=O)Nc1cc(Nc2cc(N3OCCC3c3ccc(F)c(C(F)(F)F)c3)ncn2)c(OC)cc1N1CCC(N2CCN(C3CC3)C(C)C2)CC1. The molecule has 1 aliphatic carbocycles. The maximum Gasteiger partial charge on any atom is 0.419 e. The van der Waals surface area contributed by atoms with Crippen LogP contribution in [0.2, 0.25) is 0 Å². The van der Waals surface area contributed by atoms with Gasteiger partial charge in [-0.2, -0.15) is 13.2 Å². The summed E-state index contributed by atoms with van der Waals surface area (Å²) in [5.41, 5.74) is 0.830. The van der Waals surface area contributed by atoms with Crippen molar-refractivity contribution in [2.75, 3.05) is 67.0 Å². The molecule has 4 fully saturated rings. The number of anilines is 5. The van der Waals surface area contributed by atoms with Crippen LogP contribution < -0.4 is 25.3 Å². The van der Waals surface area contributed by atoms with Crippen molar-refractivity contribution in [3.8, 4) is 5.75 Å². The van der Waals surface area contributed by atoms with Gasteiger partial charge in [0, 0.05) is 69.4 Å². The first-order valence-corrected chi connectivity index (χ1v) is 17.8. The Kier molecular flexibility index (Phi) is 10.3. The third kappa shape index (κ3) is 7.66. The third-order valence-corrected chi connectivity index (χ3v) is 10.5. The second kappa shape index (κ2) is 14.9. The van der Waals surface area contributed by atoms with Crippen molar-refractivity contribution in [1.82, 2.24) is 19.8 Å². The standard InChI is InChI=1S/C37H44F4N8O3/c1-4-36(50)45-29-18-30(33(51-3)19-32(29)46-12-9-25(10-13-46)47-14-15-48(23(2)21-47)26-6-7-26)44-34-20-35(43-22-42-34)49-31(11-16-52-49)24-5-8-28(38)27(17-24)37(39,40)41/h4-5,8,17-20,22-23,25-26,31H,1,6-7,9-16,21H2,2-3H3,(H,45,50)(H,42,43,44). The maximum absolute atomic E-state index is 14.0. The number of carbonyl (C=O) groups excluding carboxylic acids is 1. The van der Waals surface area contributed by atoms with Crippen LogP contribution in [0.5, 0.6) is 5.75 Å². The molecule has 3 aliphatic heterocycles. The molecule has 4 heterocycles. The van der Waals surface area contributed by atoms with E-state index in [9.17, 15) is 22.4 Å². The normalized spacial score (nSPS) is 22.0. The molecule has 1 saturated carbocycles. The van der Waals surface area contributed by atoms with Crippen LogP contribution in [-0.4, -0.2) is 90.2 Å². The monoisotopic (exact) mass is 724 g/mol. The summed E-state index contributed by atoms with van der Waals surface area (Å²) in [6.45, 7) is 11.2. The number of nitrogens with one attached hydrogen (secondary N) is 2. The van der Waals surface area contributed by atoms with Crippen LogP contribution in [0.4, 0.5) is 46.3 Å². The summed E-state index contributed by atoms with van der Waals surface area (Å²) in [6, 6.07) is 9.45. The molecule has 2 aromatic carbocycles. The van der Waals surface area contributed by atoms with Gasteiger partial charge in [0.05, 0.1) is 42.4 Å². The number of alkyl halides is 3. The van der Waals surface area contributed by atoms with Crippen molar-refractivity contribution in [2.45, 2.75) is 69.4 Å². The van der Waals surface area contributed by atoms with Crippen molar-refractivity contribution in [3.63, 3.8) is 0 Å². The number of piperidine rings is 1. The number of nitrogens with zero attached hydrogens (tertiary/aromatic N) is 6. The van der Waals surface area contributed by atoms with Gasteiger partial charge in [0.1, 0.15) is 23.7 Å². The lowest BCUT2D eigenvalue weighted by atomic mass is 9.99. The van der Waals surface area contributed by atoms with E-state index in [0.29, 0.717) is 47.3 Å². The Morgan fingerprint density at radius 3 is 2.48 bits per heavy atom. The minimum Gasteiger partial charge on any atom is -0.494 e. The van der Waals surface area contributed by atoms with E-state index in [1.807, 2.05) is 6.07 Å². The van der Waals surface area contributed by atoms with Gasteiger partial charge in [-0.25, -0.2) is 19.4 Å². The van der Waals surface area contributed by atoms with Gasteiger partial charge in [0.25, 0.3) is 0 Å². The lowest BCUT2D eigenvalue weighted by molar-refractivity contribution is -0.140. The summed E-state index contributed by atoms with van der Waals surface area (Å²) in [7, 11) is 1.56. The zero-order valence-corrected chi connectivity index (χ0v) is 29.3. The Hall–Kier alpha value is -4.47. The largest absolute Gasteiger partial charge is 0.494 e.